The summed E-state index contributed by atoms with van der Waals surface area (Å²) in [5, 5.41) is 1.29. The van der Waals surface area contributed by atoms with Crippen LogP contribution in [0.4, 0.5) is 4.79 Å². The molecule has 0 unspecified atom stereocenters. The number of hydrogen-bond acceptors (Lipinski definition) is 1. The summed E-state index contributed by atoms with van der Waals surface area (Å²) in [5.41, 5.74) is 0. The van der Waals surface area contributed by atoms with Crippen molar-refractivity contribution in [2.45, 2.75) is 0 Å². The number of hydrogen-bond donors (Lipinski definition) is 0. The van der Waals surface area contributed by atoms with Crippen LogP contribution in [0.2, 0.25) is 0 Å². The molecule has 54 valence electrons. The van der Waals surface area contributed by atoms with Crippen molar-refractivity contribution in [2.75, 3.05) is 0 Å². The first-order valence-corrected chi connectivity index (χ1v) is 3.82. The second kappa shape index (κ2) is 2.23. The van der Waals surface area contributed by atoms with Gasteiger partial charge in [-0.3, -0.25) is 0 Å². The third-order valence-corrected chi connectivity index (χ3v) is 1.86. The molecule has 0 spiro atoms. The van der Waals surface area contributed by atoms with Gasteiger partial charge in [-0.1, -0.05) is 15.9 Å². The lowest BCUT2D eigenvalue weighted by Gasteiger charge is -1.83. The third-order valence-electron chi connectivity index (χ3n) is 1.37. The molecule has 0 saturated heterocycles. The minimum absolute atomic E-state index is 0.418. The van der Waals surface area contributed by atoms with E-state index in [1.807, 2.05) is 6.07 Å². The fourth-order valence-electron chi connectivity index (χ4n) is 0.912. The molecule has 0 fully saturated rings. The molecule has 1 aromatic carbocycles. The van der Waals surface area contributed by atoms with E-state index in [9.17, 15) is 4.79 Å². The Balaban J connectivity index is 2.89. The zero-order chi connectivity index (χ0) is 7.84. The number of fused-ring (bicyclic) bond motifs is 1. The largest absolute Gasteiger partial charge is 0.368 e. The molecule has 2 rings (SSSR count). The van der Waals surface area contributed by atoms with Crippen molar-refractivity contribution < 1.29 is 4.79 Å². The van der Waals surface area contributed by atoms with Crippen molar-refractivity contribution in [3.8, 4) is 0 Å². The first kappa shape index (κ1) is 6.67. The average molecular weight is 211 g/mol. The van der Waals surface area contributed by atoms with Crippen molar-refractivity contribution in [1.29, 1.82) is 0 Å². The zero-order valence-electron chi connectivity index (χ0n) is 5.41. The standard InChI is InChI=1S/C7H3BrN2O/c8-4-1-2-5-6(3-4)10-7(11)9-5/h1-3H. The van der Waals surface area contributed by atoms with Gasteiger partial charge in [-0.15, -0.1) is 0 Å². The predicted molar refractivity (Wildman–Crippen MR) is 41.9 cm³/mol. The van der Waals surface area contributed by atoms with Crippen LogP contribution in [0.15, 0.2) is 32.7 Å². The maximum atomic E-state index is 10.7. The van der Waals surface area contributed by atoms with Crippen LogP contribution in [-0.4, -0.2) is 6.03 Å². The number of urea groups is 1. The first-order valence-electron chi connectivity index (χ1n) is 3.03. The van der Waals surface area contributed by atoms with Crippen molar-refractivity contribution in [3.63, 3.8) is 0 Å². The molecule has 1 aliphatic rings. The Morgan fingerprint density at radius 1 is 1.18 bits per heavy atom. The lowest BCUT2D eigenvalue weighted by atomic mass is 10.3. The number of carbonyl (C=O) groups is 1. The van der Waals surface area contributed by atoms with E-state index in [0.29, 0.717) is 10.7 Å². The Morgan fingerprint density at radius 3 is 2.73 bits per heavy atom. The van der Waals surface area contributed by atoms with Crippen molar-refractivity contribution >= 4 is 22.0 Å². The molecular weight excluding hydrogens is 208 g/mol. The maximum absolute atomic E-state index is 10.7. The Labute approximate surface area is 70.6 Å². The van der Waals surface area contributed by atoms with E-state index in [1.54, 1.807) is 12.1 Å². The maximum Gasteiger partial charge on any atom is 0.368 e. The van der Waals surface area contributed by atoms with Gasteiger partial charge in [-0.2, -0.15) is 9.98 Å². The molecule has 0 saturated carbocycles. The highest BCUT2D eigenvalue weighted by atomic mass is 79.9. The molecule has 0 radical (unpaired) electrons. The van der Waals surface area contributed by atoms with Crippen molar-refractivity contribution in [1.82, 2.24) is 0 Å². The van der Waals surface area contributed by atoms with Crippen LogP contribution < -0.4 is 10.7 Å². The van der Waals surface area contributed by atoms with Gasteiger partial charge in [0.2, 0.25) is 0 Å². The van der Waals surface area contributed by atoms with Crippen molar-refractivity contribution in [3.05, 3.63) is 33.4 Å². The molecule has 2 amide bonds. The number of benzene rings is 1. The van der Waals surface area contributed by atoms with Gasteiger partial charge in [0.15, 0.2) is 0 Å². The van der Waals surface area contributed by atoms with Gasteiger partial charge in [0.05, 0.1) is 10.7 Å². The van der Waals surface area contributed by atoms with Crippen LogP contribution in [0.3, 0.4) is 0 Å². The van der Waals surface area contributed by atoms with Crippen LogP contribution in [0.5, 0.6) is 0 Å². The smallest absolute Gasteiger partial charge is 0.244 e. The molecule has 3 nitrogen and oxygen atoms in total. The van der Waals surface area contributed by atoms with Crippen LogP contribution in [0, 0.1) is 0 Å². The van der Waals surface area contributed by atoms with Crippen LogP contribution in [0.25, 0.3) is 0 Å². The highest BCUT2D eigenvalue weighted by Crippen LogP contribution is 2.02. The van der Waals surface area contributed by atoms with E-state index in [2.05, 4.69) is 25.9 Å². The molecule has 0 N–H and O–H groups in total. The summed E-state index contributed by atoms with van der Waals surface area (Å²) in [6.45, 7) is 0. The van der Waals surface area contributed by atoms with Gasteiger partial charge in [0.1, 0.15) is 0 Å². The second-order valence-corrected chi connectivity index (χ2v) is 3.05. The Morgan fingerprint density at radius 2 is 1.91 bits per heavy atom. The second-order valence-electron chi connectivity index (χ2n) is 2.14. The van der Waals surface area contributed by atoms with Gasteiger partial charge in [0, 0.05) is 4.47 Å². The molecule has 1 aromatic rings. The average Bonchev–Trinajstić information content (AvgIpc) is 2.27. The van der Waals surface area contributed by atoms with Gasteiger partial charge in [-0.05, 0) is 18.2 Å². The van der Waals surface area contributed by atoms with Crippen LogP contribution in [0.1, 0.15) is 0 Å². The van der Waals surface area contributed by atoms with E-state index in [-0.39, 0.29) is 0 Å². The van der Waals surface area contributed by atoms with Gasteiger partial charge in [-0.25, -0.2) is 4.79 Å². The fourth-order valence-corrected chi connectivity index (χ4v) is 1.26. The third kappa shape index (κ3) is 1.09. The van der Waals surface area contributed by atoms with E-state index in [4.69, 9.17) is 0 Å². The lowest BCUT2D eigenvalue weighted by molar-refractivity contribution is 0.256. The molecule has 0 aromatic heterocycles. The number of nitrogens with zero attached hydrogens (tertiary/aromatic N) is 2. The summed E-state index contributed by atoms with van der Waals surface area (Å²) >= 11 is 3.27. The highest BCUT2D eigenvalue weighted by Gasteiger charge is 2.03. The predicted octanol–water partition coefficient (Wildman–Crippen LogP) is 0.822. The molecular formula is C7H3BrN2O. The van der Waals surface area contributed by atoms with E-state index in [1.165, 1.54) is 0 Å². The number of rotatable bonds is 0. The summed E-state index contributed by atoms with van der Waals surface area (Å²) < 4.78 is 0.907. The van der Waals surface area contributed by atoms with Gasteiger partial charge < -0.3 is 0 Å². The van der Waals surface area contributed by atoms with Crippen LogP contribution >= 0.6 is 15.9 Å². The molecule has 0 bridgehead atoms. The van der Waals surface area contributed by atoms with E-state index >= 15 is 0 Å². The van der Waals surface area contributed by atoms with E-state index in [0.717, 1.165) is 4.47 Å². The lowest BCUT2D eigenvalue weighted by Crippen LogP contribution is -2.20. The highest BCUT2D eigenvalue weighted by molar-refractivity contribution is 9.10. The molecule has 11 heavy (non-hydrogen) atoms. The molecule has 0 aliphatic carbocycles. The number of carbonyl (C=O) groups excluding carboxylic acids is 1. The topological polar surface area (TPSA) is 41.8 Å². The summed E-state index contributed by atoms with van der Waals surface area (Å²) in [7, 11) is 0. The minimum Gasteiger partial charge on any atom is -0.244 e. The fraction of sp³-hybridized carbons (Fsp3) is 0. The van der Waals surface area contributed by atoms with Gasteiger partial charge in [0.25, 0.3) is 0 Å². The zero-order valence-corrected chi connectivity index (χ0v) is 7.00. The first-order chi connectivity index (χ1) is 5.25. The van der Waals surface area contributed by atoms with Crippen molar-refractivity contribution in [2.24, 2.45) is 9.98 Å². The van der Waals surface area contributed by atoms with E-state index < -0.39 is 6.03 Å². The summed E-state index contributed by atoms with van der Waals surface area (Å²) in [4.78, 5) is 18.0. The van der Waals surface area contributed by atoms with Crippen LogP contribution in [-0.2, 0) is 0 Å². The Bertz CT molecular complexity index is 438. The monoisotopic (exact) mass is 210 g/mol. The Hall–Kier alpha value is -1.03. The number of amides is 2. The molecule has 4 heteroatoms. The van der Waals surface area contributed by atoms with Gasteiger partial charge >= 0.3 is 6.03 Å². The minimum atomic E-state index is -0.418. The normalized spacial score (nSPS) is 13.7. The molecule has 1 aliphatic heterocycles. The SMILES string of the molecule is O=C1N=c2ccc(Br)cc2=N1. The quantitative estimate of drug-likeness (QED) is 0.626. The number of halogens is 1. The Kier molecular flexibility index (Phi) is 1.35. The summed E-state index contributed by atoms with van der Waals surface area (Å²) in [6.07, 6.45) is 0. The molecule has 1 heterocycles. The summed E-state index contributed by atoms with van der Waals surface area (Å²) in [6, 6.07) is 4.94. The summed E-state index contributed by atoms with van der Waals surface area (Å²) in [5.74, 6) is 0. The molecule has 0 atom stereocenters.